The largest absolute Gasteiger partial charge is 0.428 e. The SMILES string of the molecule is COC1OC(=O)C(Br)=C1Cc1ccccc1. The quantitative estimate of drug-likeness (QED) is 0.799. The Morgan fingerprint density at radius 1 is 1.38 bits per heavy atom. The second-order valence-electron chi connectivity index (χ2n) is 3.47. The van der Waals surface area contributed by atoms with E-state index in [1.165, 1.54) is 7.11 Å². The Morgan fingerprint density at radius 2 is 2.06 bits per heavy atom. The molecule has 0 saturated heterocycles. The molecule has 0 radical (unpaired) electrons. The predicted molar refractivity (Wildman–Crippen MR) is 63.0 cm³/mol. The Kier molecular flexibility index (Phi) is 3.41. The molecule has 3 nitrogen and oxygen atoms in total. The summed E-state index contributed by atoms with van der Waals surface area (Å²) >= 11 is 3.23. The van der Waals surface area contributed by atoms with Gasteiger partial charge in [0.25, 0.3) is 0 Å². The minimum atomic E-state index is -0.568. The highest BCUT2D eigenvalue weighted by atomic mass is 79.9. The summed E-state index contributed by atoms with van der Waals surface area (Å²) < 4.78 is 10.6. The maximum atomic E-state index is 11.3. The van der Waals surface area contributed by atoms with E-state index in [1.54, 1.807) is 0 Å². The van der Waals surface area contributed by atoms with Crippen LogP contribution in [0.1, 0.15) is 5.56 Å². The normalized spacial score (nSPS) is 20.1. The van der Waals surface area contributed by atoms with Gasteiger partial charge in [-0.25, -0.2) is 4.79 Å². The molecule has 0 aliphatic carbocycles. The van der Waals surface area contributed by atoms with E-state index in [-0.39, 0.29) is 5.97 Å². The number of ether oxygens (including phenoxy) is 2. The number of methoxy groups -OCH3 is 1. The zero-order chi connectivity index (χ0) is 11.5. The molecule has 1 aromatic carbocycles. The molecule has 0 aromatic heterocycles. The first-order chi connectivity index (χ1) is 7.72. The maximum absolute atomic E-state index is 11.3. The third-order valence-electron chi connectivity index (χ3n) is 2.41. The van der Waals surface area contributed by atoms with Crippen molar-refractivity contribution in [3.8, 4) is 0 Å². The summed E-state index contributed by atoms with van der Waals surface area (Å²) in [5, 5.41) is 0. The number of hydrogen-bond donors (Lipinski definition) is 0. The molecule has 0 bridgehead atoms. The first kappa shape index (κ1) is 11.4. The number of halogens is 1. The van der Waals surface area contributed by atoms with Crippen LogP contribution in [-0.4, -0.2) is 19.4 Å². The minimum Gasteiger partial charge on any atom is -0.428 e. The molecule has 4 heteroatoms. The molecule has 0 saturated carbocycles. The van der Waals surface area contributed by atoms with E-state index in [1.807, 2.05) is 30.3 Å². The molecule has 1 heterocycles. The van der Waals surface area contributed by atoms with E-state index in [4.69, 9.17) is 9.47 Å². The van der Waals surface area contributed by atoms with Crippen LogP contribution in [0.15, 0.2) is 40.4 Å². The van der Waals surface area contributed by atoms with Gasteiger partial charge >= 0.3 is 5.97 Å². The molecule has 0 amide bonds. The van der Waals surface area contributed by atoms with Crippen LogP contribution in [0, 0.1) is 0 Å². The Balaban J connectivity index is 2.23. The fourth-order valence-electron chi connectivity index (χ4n) is 1.62. The molecule has 2 rings (SSSR count). The molecule has 1 aliphatic rings. The fourth-order valence-corrected chi connectivity index (χ4v) is 2.04. The zero-order valence-corrected chi connectivity index (χ0v) is 10.4. The number of hydrogen-bond acceptors (Lipinski definition) is 3. The van der Waals surface area contributed by atoms with Gasteiger partial charge in [-0.3, -0.25) is 0 Å². The van der Waals surface area contributed by atoms with Gasteiger partial charge in [0.2, 0.25) is 6.29 Å². The van der Waals surface area contributed by atoms with Gasteiger partial charge in [0.15, 0.2) is 0 Å². The van der Waals surface area contributed by atoms with Crippen LogP contribution in [0.2, 0.25) is 0 Å². The highest BCUT2D eigenvalue weighted by Crippen LogP contribution is 2.30. The summed E-state index contributed by atoms with van der Waals surface area (Å²) in [4.78, 5) is 11.3. The third kappa shape index (κ3) is 2.18. The molecule has 16 heavy (non-hydrogen) atoms. The summed E-state index contributed by atoms with van der Waals surface area (Å²) in [5.41, 5.74) is 1.95. The fraction of sp³-hybridized carbons (Fsp3) is 0.250. The molecule has 0 fully saturated rings. The Hall–Kier alpha value is -1.13. The minimum absolute atomic E-state index is 0.363. The molecule has 0 spiro atoms. The standard InChI is InChI=1S/C12H11BrO3/c1-15-12-9(10(13)11(14)16-12)7-8-5-3-2-4-6-8/h2-6,12H,7H2,1H3. The lowest BCUT2D eigenvalue weighted by Crippen LogP contribution is -2.15. The van der Waals surface area contributed by atoms with Crippen LogP contribution in [0.4, 0.5) is 0 Å². The highest BCUT2D eigenvalue weighted by Gasteiger charge is 2.32. The molecule has 0 N–H and O–H groups in total. The highest BCUT2D eigenvalue weighted by molar-refractivity contribution is 9.12. The maximum Gasteiger partial charge on any atom is 0.348 e. The smallest absolute Gasteiger partial charge is 0.348 e. The third-order valence-corrected chi connectivity index (χ3v) is 3.24. The monoisotopic (exact) mass is 282 g/mol. The zero-order valence-electron chi connectivity index (χ0n) is 8.77. The molecular weight excluding hydrogens is 272 g/mol. The Morgan fingerprint density at radius 3 is 2.69 bits per heavy atom. The van der Waals surface area contributed by atoms with Gasteiger partial charge in [-0.15, -0.1) is 0 Å². The van der Waals surface area contributed by atoms with Gasteiger partial charge in [0.1, 0.15) is 4.48 Å². The van der Waals surface area contributed by atoms with E-state index < -0.39 is 6.29 Å². The van der Waals surface area contributed by atoms with Crippen LogP contribution in [0.5, 0.6) is 0 Å². The molecule has 1 aromatic rings. The van der Waals surface area contributed by atoms with Gasteiger partial charge < -0.3 is 9.47 Å². The lowest BCUT2D eigenvalue weighted by molar-refractivity contribution is -0.155. The lowest BCUT2D eigenvalue weighted by atomic mass is 10.1. The Bertz CT molecular complexity index is 425. The number of cyclic esters (lactones) is 1. The topological polar surface area (TPSA) is 35.5 Å². The van der Waals surface area contributed by atoms with Crippen LogP contribution in [0.3, 0.4) is 0 Å². The molecule has 1 aliphatic heterocycles. The van der Waals surface area contributed by atoms with Crippen molar-refractivity contribution in [3.63, 3.8) is 0 Å². The van der Waals surface area contributed by atoms with Crippen molar-refractivity contribution in [3.05, 3.63) is 46.0 Å². The van der Waals surface area contributed by atoms with E-state index in [0.717, 1.165) is 11.1 Å². The molecule has 84 valence electrons. The average Bonchev–Trinajstić information content (AvgIpc) is 2.58. The second-order valence-corrected chi connectivity index (χ2v) is 4.27. The average molecular weight is 283 g/mol. The van der Waals surface area contributed by atoms with E-state index in [0.29, 0.717) is 10.9 Å². The number of rotatable bonds is 3. The van der Waals surface area contributed by atoms with Crippen molar-refractivity contribution >= 4 is 21.9 Å². The van der Waals surface area contributed by atoms with E-state index >= 15 is 0 Å². The van der Waals surface area contributed by atoms with Crippen molar-refractivity contribution in [2.75, 3.05) is 7.11 Å². The molecule has 1 atom stereocenters. The number of carbonyl (C=O) groups is 1. The summed E-state index contributed by atoms with van der Waals surface area (Å²) in [7, 11) is 1.52. The first-order valence-electron chi connectivity index (χ1n) is 4.88. The van der Waals surface area contributed by atoms with Gasteiger partial charge in [-0.1, -0.05) is 30.3 Å². The van der Waals surface area contributed by atoms with Crippen molar-refractivity contribution in [1.29, 1.82) is 0 Å². The van der Waals surface area contributed by atoms with Crippen molar-refractivity contribution < 1.29 is 14.3 Å². The predicted octanol–water partition coefficient (Wildman–Crippen LogP) is 2.41. The molecule has 1 unspecified atom stereocenters. The van der Waals surface area contributed by atoms with Crippen LogP contribution in [0.25, 0.3) is 0 Å². The van der Waals surface area contributed by atoms with E-state index in [9.17, 15) is 4.79 Å². The van der Waals surface area contributed by atoms with Crippen LogP contribution < -0.4 is 0 Å². The summed E-state index contributed by atoms with van der Waals surface area (Å²) in [6, 6.07) is 9.88. The Labute approximate surface area is 102 Å². The summed E-state index contributed by atoms with van der Waals surface area (Å²) in [6.45, 7) is 0. The van der Waals surface area contributed by atoms with Gasteiger partial charge in [-0.05, 0) is 21.5 Å². The van der Waals surface area contributed by atoms with Gasteiger partial charge in [0.05, 0.1) is 0 Å². The lowest BCUT2D eigenvalue weighted by Gasteiger charge is -2.11. The van der Waals surface area contributed by atoms with Crippen LogP contribution in [-0.2, 0) is 20.7 Å². The van der Waals surface area contributed by atoms with Gasteiger partial charge in [0, 0.05) is 19.1 Å². The van der Waals surface area contributed by atoms with Crippen molar-refractivity contribution in [2.24, 2.45) is 0 Å². The number of carbonyl (C=O) groups excluding carboxylic acids is 1. The van der Waals surface area contributed by atoms with Crippen LogP contribution >= 0.6 is 15.9 Å². The number of esters is 1. The summed E-state index contributed by atoms with van der Waals surface area (Å²) in [6.07, 6.45) is 0.0770. The second kappa shape index (κ2) is 4.80. The number of benzene rings is 1. The van der Waals surface area contributed by atoms with Crippen molar-refractivity contribution in [1.82, 2.24) is 0 Å². The van der Waals surface area contributed by atoms with Crippen molar-refractivity contribution in [2.45, 2.75) is 12.7 Å². The first-order valence-corrected chi connectivity index (χ1v) is 5.68. The molecular formula is C12H11BrO3. The van der Waals surface area contributed by atoms with Gasteiger partial charge in [-0.2, -0.15) is 0 Å². The summed E-state index contributed by atoms with van der Waals surface area (Å²) in [5.74, 6) is -0.363. The van der Waals surface area contributed by atoms with E-state index in [2.05, 4.69) is 15.9 Å².